The summed E-state index contributed by atoms with van der Waals surface area (Å²) in [6.45, 7) is 5.69. The summed E-state index contributed by atoms with van der Waals surface area (Å²) in [4.78, 5) is 15.8. The van der Waals surface area contributed by atoms with E-state index in [2.05, 4.69) is 4.98 Å². The van der Waals surface area contributed by atoms with Gasteiger partial charge in [0, 0.05) is 0 Å². The van der Waals surface area contributed by atoms with Gasteiger partial charge in [0.1, 0.15) is 11.2 Å². The van der Waals surface area contributed by atoms with Crippen molar-refractivity contribution in [3.63, 3.8) is 0 Å². The molecule has 1 aromatic rings. The fourth-order valence-corrected chi connectivity index (χ4v) is 1.22. The summed E-state index contributed by atoms with van der Waals surface area (Å²) in [5.41, 5.74) is 5.43. The van der Waals surface area contributed by atoms with Gasteiger partial charge in [0.25, 0.3) is 0 Å². The molecule has 0 aromatic carbocycles. The number of nitrogen functional groups attached to an aromatic ring is 1. The first-order chi connectivity index (χ1) is 6.98. The van der Waals surface area contributed by atoms with Crippen molar-refractivity contribution in [3.8, 4) is 0 Å². The first-order valence-electron chi connectivity index (χ1n) is 4.88. The number of carbonyl (C=O) groups excluding carboxylic acids is 1. The minimum absolute atomic E-state index is 0.289. The van der Waals surface area contributed by atoms with Crippen LogP contribution in [0.3, 0.4) is 0 Å². The number of rotatable bonds is 3. The van der Waals surface area contributed by atoms with Gasteiger partial charge in [-0.2, -0.15) is 0 Å². The number of esters is 1. The Morgan fingerprint density at radius 2 is 2.20 bits per heavy atom. The van der Waals surface area contributed by atoms with Crippen LogP contribution in [0.4, 0.5) is 5.82 Å². The zero-order chi connectivity index (χ0) is 11.5. The second kappa shape index (κ2) is 4.29. The van der Waals surface area contributed by atoms with Crippen molar-refractivity contribution in [1.82, 2.24) is 4.98 Å². The lowest BCUT2D eigenvalue weighted by molar-refractivity contribution is -0.148. The molecule has 1 heterocycles. The molecule has 15 heavy (non-hydrogen) atoms. The van der Waals surface area contributed by atoms with E-state index >= 15 is 0 Å². The van der Waals surface area contributed by atoms with E-state index < -0.39 is 5.41 Å². The number of ether oxygens (including phenoxy) is 1. The van der Waals surface area contributed by atoms with E-state index in [0.29, 0.717) is 18.1 Å². The van der Waals surface area contributed by atoms with Crippen LogP contribution < -0.4 is 5.73 Å². The Morgan fingerprint density at radius 1 is 1.53 bits per heavy atom. The Labute approximate surface area is 89.5 Å². The lowest BCUT2D eigenvalue weighted by Gasteiger charge is -2.21. The highest BCUT2D eigenvalue weighted by Crippen LogP contribution is 2.23. The van der Waals surface area contributed by atoms with Crippen LogP contribution in [0, 0.1) is 0 Å². The Morgan fingerprint density at radius 3 is 2.73 bits per heavy atom. The molecule has 0 aliphatic heterocycles. The van der Waals surface area contributed by atoms with Crippen molar-refractivity contribution in [2.75, 3.05) is 12.3 Å². The molecule has 82 valence electrons. The lowest BCUT2D eigenvalue weighted by Crippen LogP contribution is -2.32. The summed E-state index contributed by atoms with van der Waals surface area (Å²) >= 11 is 0. The van der Waals surface area contributed by atoms with Crippen molar-refractivity contribution in [3.05, 3.63) is 23.9 Å². The summed E-state index contributed by atoms with van der Waals surface area (Å²) in [6.07, 6.45) is 0. The fourth-order valence-electron chi connectivity index (χ4n) is 1.22. The van der Waals surface area contributed by atoms with Crippen LogP contribution in [0.1, 0.15) is 26.5 Å². The average molecular weight is 208 g/mol. The van der Waals surface area contributed by atoms with Gasteiger partial charge in [-0.05, 0) is 32.9 Å². The molecule has 0 amide bonds. The first-order valence-corrected chi connectivity index (χ1v) is 4.88. The minimum atomic E-state index is -0.759. The molecule has 0 aliphatic carbocycles. The standard InChI is InChI=1S/C11H16N2O2/c1-4-15-10(14)11(2,3)8-6-5-7-9(12)13-8/h5-7H,4H2,1-3H3,(H2,12,13). The van der Waals surface area contributed by atoms with Crippen LogP contribution in [0.25, 0.3) is 0 Å². The second-order valence-electron chi connectivity index (χ2n) is 3.79. The number of hydrogen-bond donors (Lipinski definition) is 1. The molecule has 1 aromatic heterocycles. The topological polar surface area (TPSA) is 65.2 Å². The molecule has 0 unspecified atom stereocenters. The summed E-state index contributed by atoms with van der Waals surface area (Å²) in [5.74, 6) is 0.118. The smallest absolute Gasteiger partial charge is 0.317 e. The van der Waals surface area contributed by atoms with Crippen LogP contribution in [0.15, 0.2) is 18.2 Å². The van der Waals surface area contributed by atoms with E-state index in [1.165, 1.54) is 0 Å². The highest BCUT2D eigenvalue weighted by Gasteiger charge is 2.32. The molecule has 4 heteroatoms. The zero-order valence-corrected chi connectivity index (χ0v) is 9.28. The Kier molecular flexibility index (Phi) is 3.29. The second-order valence-corrected chi connectivity index (χ2v) is 3.79. The number of carbonyl (C=O) groups is 1. The summed E-state index contributed by atoms with van der Waals surface area (Å²) in [6, 6.07) is 5.23. The average Bonchev–Trinajstić information content (AvgIpc) is 2.18. The number of hydrogen-bond acceptors (Lipinski definition) is 4. The van der Waals surface area contributed by atoms with Crippen molar-refractivity contribution >= 4 is 11.8 Å². The lowest BCUT2D eigenvalue weighted by atomic mass is 9.89. The molecule has 0 bridgehead atoms. The third kappa shape index (κ3) is 2.46. The van der Waals surface area contributed by atoms with Crippen molar-refractivity contribution in [2.24, 2.45) is 0 Å². The molecule has 0 saturated carbocycles. The fraction of sp³-hybridized carbons (Fsp3) is 0.455. The molecule has 0 atom stereocenters. The molecule has 0 radical (unpaired) electrons. The van der Waals surface area contributed by atoms with Crippen molar-refractivity contribution in [1.29, 1.82) is 0 Å². The summed E-state index contributed by atoms with van der Waals surface area (Å²) in [7, 11) is 0. The van der Waals surface area contributed by atoms with Gasteiger partial charge in [0.2, 0.25) is 0 Å². The molecule has 0 spiro atoms. The number of anilines is 1. The molecular weight excluding hydrogens is 192 g/mol. The van der Waals surface area contributed by atoms with Crippen LogP contribution >= 0.6 is 0 Å². The molecule has 4 nitrogen and oxygen atoms in total. The SMILES string of the molecule is CCOC(=O)C(C)(C)c1cccc(N)n1. The van der Waals surface area contributed by atoms with Crippen LogP contribution in [0.5, 0.6) is 0 Å². The van der Waals surface area contributed by atoms with E-state index in [9.17, 15) is 4.79 Å². The monoisotopic (exact) mass is 208 g/mol. The van der Waals surface area contributed by atoms with E-state index in [-0.39, 0.29) is 5.97 Å². The molecular formula is C11H16N2O2. The zero-order valence-electron chi connectivity index (χ0n) is 9.28. The van der Waals surface area contributed by atoms with Crippen LogP contribution in [-0.2, 0) is 14.9 Å². The maximum atomic E-state index is 11.7. The van der Waals surface area contributed by atoms with E-state index in [4.69, 9.17) is 10.5 Å². The highest BCUT2D eigenvalue weighted by atomic mass is 16.5. The predicted molar refractivity (Wildman–Crippen MR) is 58.3 cm³/mol. The van der Waals surface area contributed by atoms with Crippen molar-refractivity contribution in [2.45, 2.75) is 26.2 Å². The maximum absolute atomic E-state index is 11.7. The van der Waals surface area contributed by atoms with E-state index in [1.807, 2.05) is 0 Å². The van der Waals surface area contributed by atoms with Gasteiger partial charge in [-0.3, -0.25) is 4.79 Å². The number of aromatic nitrogens is 1. The van der Waals surface area contributed by atoms with Gasteiger partial charge in [0.05, 0.1) is 12.3 Å². The van der Waals surface area contributed by atoms with Gasteiger partial charge in [-0.1, -0.05) is 6.07 Å². The first kappa shape index (κ1) is 11.5. The third-order valence-corrected chi connectivity index (χ3v) is 2.20. The number of nitrogens with zero attached hydrogens (tertiary/aromatic N) is 1. The van der Waals surface area contributed by atoms with Gasteiger partial charge in [-0.15, -0.1) is 0 Å². The van der Waals surface area contributed by atoms with Gasteiger partial charge >= 0.3 is 5.97 Å². The largest absolute Gasteiger partial charge is 0.465 e. The number of pyridine rings is 1. The molecule has 2 N–H and O–H groups in total. The normalized spacial score (nSPS) is 11.1. The Balaban J connectivity index is 2.99. The van der Waals surface area contributed by atoms with Crippen LogP contribution in [-0.4, -0.2) is 17.6 Å². The maximum Gasteiger partial charge on any atom is 0.317 e. The van der Waals surface area contributed by atoms with Crippen LogP contribution in [0.2, 0.25) is 0 Å². The Bertz CT molecular complexity index is 361. The van der Waals surface area contributed by atoms with E-state index in [0.717, 1.165) is 0 Å². The summed E-state index contributed by atoms with van der Waals surface area (Å²) in [5, 5.41) is 0. The van der Waals surface area contributed by atoms with E-state index in [1.54, 1.807) is 39.0 Å². The highest BCUT2D eigenvalue weighted by molar-refractivity contribution is 5.81. The predicted octanol–water partition coefficient (Wildman–Crippen LogP) is 1.50. The number of nitrogens with two attached hydrogens (primary N) is 1. The third-order valence-electron chi connectivity index (χ3n) is 2.20. The van der Waals surface area contributed by atoms with Gasteiger partial charge < -0.3 is 10.5 Å². The Hall–Kier alpha value is -1.58. The van der Waals surface area contributed by atoms with Gasteiger partial charge in [0.15, 0.2) is 0 Å². The van der Waals surface area contributed by atoms with Crippen molar-refractivity contribution < 1.29 is 9.53 Å². The molecule has 0 aliphatic rings. The quantitative estimate of drug-likeness (QED) is 0.764. The van der Waals surface area contributed by atoms with Gasteiger partial charge in [-0.25, -0.2) is 4.98 Å². The molecule has 1 rings (SSSR count). The molecule has 0 saturated heterocycles. The minimum Gasteiger partial charge on any atom is -0.465 e. The molecule has 0 fully saturated rings. The summed E-state index contributed by atoms with van der Waals surface area (Å²) < 4.78 is 4.98.